The third-order valence-corrected chi connectivity index (χ3v) is 3.31. The van der Waals surface area contributed by atoms with Gasteiger partial charge in [-0.3, -0.25) is 0 Å². The van der Waals surface area contributed by atoms with Crippen LogP contribution in [0.3, 0.4) is 0 Å². The molecule has 0 spiro atoms. The lowest BCUT2D eigenvalue weighted by Crippen LogP contribution is -2.25. The molecule has 108 valence electrons. The fourth-order valence-electron chi connectivity index (χ4n) is 1.51. The smallest absolute Gasteiger partial charge is 0.231 e. The average Bonchev–Trinajstić information content (AvgIpc) is 2.41. The highest BCUT2D eigenvalue weighted by Gasteiger charge is 2.11. The van der Waals surface area contributed by atoms with Gasteiger partial charge in [-0.25, -0.2) is 0 Å². The molecule has 0 bridgehead atoms. The van der Waals surface area contributed by atoms with E-state index in [0.717, 1.165) is 36.5 Å². The predicted molar refractivity (Wildman–Crippen MR) is 80.2 cm³/mol. The predicted octanol–water partition coefficient (Wildman–Crippen LogP) is 1.89. The highest BCUT2D eigenvalue weighted by Crippen LogP contribution is 2.18. The summed E-state index contributed by atoms with van der Waals surface area (Å²) in [5, 5.41) is 3.89. The zero-order valence-electron chi connectivity index (χ0n) is 12.1. The average molecular weight is 285 g/mol. The number of rotatable bonds is 9. The van der Waals surface area contributed by atoms with Gasteiger partial charge in [-0.15, -0.1) is 0 Å². The summed E-state index contributed by atoms with van der Waals surface area (Å²) in [5.74, 6) is 2.21. The molecule has 19 heavy (non-hydrogen) atoms. The summed E-state index contributed by atoms with van der Waals surface area (Å²) in [5.41, 5.74) is 0. The van der Waals surface area contributed by atoms with Crippen molar-refractivity contribution >= 4 is 23.7 Å². The van der Waals surface area contributed by atoms with Crippen LogP contribution in [0.2, 0.25) is 0 Å². The van der Waals surface area contributed by atoms with Crippen molar-refractivity contribution in [3.63, 3.8) is 0 Å². The van der Waals surface area contributed by atoms with E-state index in [2.05, 4.69) is 39.0 Å². The van der Waals surface area contributed by atoms with Crippen LogP contribution >= 0.6 is 11.8 Å². The van der Waals surface area contributed by atoms with Crippen molar-refractivity contribution in [1.82, 2.24) is 15.0 Å². The minimum Gasteiger partial charge on any atom is -0.384 e. The van der Waals surface area contributed by atoms with Crippen molar-refractivity contribution in [2.24, 2.45) is 0 Å². The Bertz CT molecular complexity index is 373. The number of anilines is 2. The number of nitrogens with one attached hydrogen (secondary N) is 1. The van der Waals surface area contributed by atoms with Gasteiger partial charge in [-0.1, -0.05) is 11.8 Å². The van der Waals surface area contributed by atoms with Gasteiger partial charge in [-0.2, -0.15) is 15.0 Å². The summed E-state index contributed by atoms with van der Waals surface area (Å²) in [6.45, 7) is 9.47. The lowest BCUT2D eigenvalue weighted by molar-refractivity contribution is 0.218. The second kappa shape index (κ2) is 8.92. The molecular formula is C12H23N5OS. The summed E-state index contributed by atoms with van der Waals surface area (Å²) >= 11 is 1.58. The maximum Gasteiger partial charge on any atom is 0.231 e. The monoisotopic (exact) mass is 285 g/mol. The Morgan fingerprint density at radius 2 is 1.89 bits per heavy atom. The molecule has 1 heterocycles. The third-order valence-electron chi connectivity index (χ3n) is 2.50. The SMILES string of the molecule is CCNc1nc(SCCOC)nc(N(CC)CC)n1. The zero-order chi connectivity index (χ0) is 14.1. The van der Waals surface area contributed by atoms with Gasteiger partial charge in [0.05, 0.1) is 6.61 Å². The van der Waals surface area contributed by atoms with Gasteiger partial charge in [0.25, 0.3) is 0 Å². The zero-order valence-corrected chi connectivity index (χ0v) is 13.0. The Kier molecular flexibility index (Phi) is 7.50. The molecule has 6 nitrogen and oxygen atoms in total. The molecular weight excluding hydrogens is 262 g/mol. The van der Waals surface area contributed by atoms with E-state index in [1.165, 1.54) is 0 Å². The Morgan fingerprint density at radius 3 is 2.47 bits per heavy atom. The van der Waals surface area contributed by atoms with E-state index in [-0.39, 0.29) is 0 Å². The number of methoxy groups -OCH3 is 1. The topological polar surface area (TPSA) is 63.2 Å². The molecule has 0 unspecified atom stereocenters. The van der Waals surface area contributed by atoms with E-state index >= 15 is 0 Å². The molecule has 0 aliphatic heterocycles. The van der Waals surface area contributed by atoms with Crippen LogP contribution in [0.1, 0.15) is 20.8 Å². The Morgan fingerprint density at radius 1 is 1.16 bits per heavy atom. The summed E-state index contributed by atoms with van der Waals surface area (Å²) in [6.07, 6.45) is 0. The number of hydrogen-bond donors (Lipinski definition) is 1. The van der Waals surface area contributed by atoms with Crippen molar-refractivity contribution in [2.75, 3.05) is 49.3 Å². The summed E-state index contributed by atoms with van der Waals surface area (Å²) < 4.78 is 5.04. The Hall–Kier alpha value is -1.08. The van der Waals surface area contributed by atoms with Crippen LogP contribution in [-0.4, -0.2) is 54.1 Å². The van der Waals surface area contributed by atoms with Gasteiger partial charge < -0.3 is 15.0 Å². The van der Waals surface area contributed by atoms with Gasteiger partial charge in [0.2, 0.25) is 11.9 Å². The molecule has 1 aromatic heterocycles. The van der Waals surface area contributed by atoms with Crippen LogP contribution < -0.4 is 10.2 Å². The summed E-state index contributed by atoms with van der Waals surface area (Å²) in [4.78, 5) is 15.4. The first kappa shape index (κ1) is 16.0. The molecule has 0 atom stereocenters. The molecule has 1 N–H and O–H groups in total. The minimum absolute atomic E-state index is 0.638. The van der Waals surface area contributed by atoms with Gasteiger partial charge in [-0.05, 0) is 20.8 Å². The lowest BCUT2D eigenvalue weighted by atomic mass is 10.5. The first-order valence-electron chi connectivity index (χ1n) is 6.61. The number of ether oxygens (including phenoxy) is 1. The fourth-order valence-corrected chi connectivity index (χ4v) is 2.24. The van der Waals surface area contributed by atoms with E-state index in [9.17, 15) is 0 Å². The van der Waals surface area contributed by atoms with Crippen LogP contribution in [0.4, 0.5) is 11.9 Å². The maximum atomic E-state index is 5.04. The maximum absolute atomic E-state index is 5.04. The Balaban J connectivity index is 2.89. The molecule has 0 saturated heterocycles. The molecule has 0 aliphatic carbocycles. The van der Waals surface area contributed by atoms with Gasteiger partial charge in [0, 0.05) is 32.5 Å². The molecule has 0 amide bonds. The van der Waals surface area contributed by atoms with Gasteiger partial charge >= 0.3 is 0 Å². The van der Waals surface area contributed by atoms with E-state index in [0.29, 0.717) is 12.6 Å². The van der Waals surface area contributed by atoms with Crippen LogP contribution in [-0.2, 0) is 4.74 Å². The fraction of sp³-hybridized carbons (Fsp3) is 0.750. The van der Waals surface area contributed by atoms with Gasteiger partial charge in [0.1, 0.15) is 0 Å². The molecule has 7 heteroatoms. The van der Waals surface area contributed by atoms with Crippen molar-refractivity contribution in [2.45, 2.75) is 25.9 Å². The third kappa shape index (κ3) is 5.20. The molecule has 1 rings (SSSR count). The van der Waals surface area contributed by atoms with Crippen molar-refractivity contribution in [1.29, 1.82) is 0 Å². The van der Waals surface area contributed by atoms with Crippen molar-refractivity contribution in [3.05, 3.63) is 0 Å². The van der Waals surface area contributed by atoms with E-state index < -0.39 is 0 Å². The van der Waals surface area contributed by atoms with Crippen LogP contribution in [0.25, 0.3) is 0 Å². The number of thioether (sulfide) groups is 1. The van der Waals surface area contributed by atoms with E-state index in [1.54, 1.807) is 18.9 Å². The Labute approximate surface area is 119 Å². The standard InChI is InChI=1S/C12H23N5OS/c1-5-13-10-14-11(17(6-2)7-3)16-12(15-10)19-9-8-18-4/h5-9H2,1-4H3,(H,13,14,15,16). The summed E-state index contributed by atoms with van der Waals surface area (Å²) in [6, 6.07) is 0. The van der Waals surface area contributed by atoms with Crippen LogP contribution in [0.15, 0.2) is 5.16 Å². The van der Waals surface area contributed by atoms with Crippen LogP contribution in [0, 0.1) is 0 Å². The first-order valence-corrected chi connectivity index (χ1v) is 7.60. The molecule has 1 aromatic rings. The molecule has 0 fully saturated rings. The second-order valence-electron chi connectivity index (χ2n) is 3.79. The number of hydrogen-bond acceptors (Lipinski definition) is 7. The second-order valence-corrected chi connectivity index (χ2v) is 4.85. The highest BCUT2D eigenvalue weighted by atomic mass is 32.2. The number of nitrogens with zero attached hydrogens (tertiary/aromatic N) is 4. The van der Waals surface area contributed by atoms with E-state index in [4.69, 9.17) is 4.74 Å². The van der Waals surface area contributed by atoms with Crippen molar-refractivity contribution < 1.29 is 4.74 Å². The highest BCUT2D eigenvalue weighted by molar-refractivity contribution is 7.99. The minimum atomic E-state index is 0.638. The lowest BCUT2D eigenvalue weighted by Gasteiger charge is -2.19. The van der Waals surface area contributed by atoms with Gasteiger partial charge in [0.15, 0.2) is 5.16 Å². The van der Waals surface area contributed by atoms with Crippen molar-refractivity contribution in [3.8, 4) is 0 Å². The largest absolute Gasteiger partial charge is 0.384 e. The molecule has 0 radical (unpaired) electrons. The molecule has 0 aliphatic rings. The quantitative estimate of drug-likeness (QED) is 0.549. The molecule has 0 saturated carbocycles. The van der Waals surface area contributed by atoms with E-state index in [1.807, 2.05) is 6.92 Å². The van der Waals surface area contributed by atoms with Crippen LogP contribution in [0.5, 0.6) is 0 Å². The normalized spacial score (nSPS) is 10.5. The molecule has 0 aromatic carbocycles. The summed E-state index contributed by atoms with van der Waals surface area (Å²) in [7, 11) is 1.69. The first-order chi connectivity index (χ1) is 9.24. The number of aromatic nitrogens is 3.